The second kappa shape index (κ2) is 12.0. The lowest BCUT2D eigenvalue weighted by Gasteiger charge is -2.28. The van der Waals surface area contributed by atoms with E-state index in [1.165, 1.54) is 12.1 Å². The SMILES string of the molecule is C/C=C/C1CCC(c2ccc(OC(=O)C3CCC(c4ccc(OCC)c(F)c4)CC3)c(F)c2F)CC1. The molecule has 0 aliphatic heterocycles. The Morgan fingerprint density at radius 2 is 1.56 bits per heavy atom. The molecule has 36 heavy (non-hydrogen) atoms. The van der Waals surface area contributed by atoms with Crippen LogP contribution in [0, 0.1) is 29.3 Å². The van der Waals surface area contributed by atoms with Gasteiger partial charge in [-0.2, -0.15) is 4.39 Å². The zero-order valence-electron chi connectivity index (χ0n) is 21.1. The molecule has 3 nitrogen and oxygen atoms in total. The molecule has 194 valence electrons. The average Bonchev–Trinajstić information content (AvgIpc) is 2.89. The molecular formula is C30H35F3O3. The highest BCUT2D eigenvalue weighted by molar-refractivity contribution is 5.75. The molecule has 2 fully saturated rings. The van der Waals surface area contributed by atoms with Gasteiger partial charge in [0.05, 0.1) is 12.5 Å². The van der Waals surface area contributed by atoms with E-state index < -0.39 is 23.5 Å². The summed E-state index contributed by atoms with van der Waals surface area (Å²) in [4.78, 5) is 12.7. The number of carbonyl (C=O) groups excluding carboxylic acids is 1. The highest BCUT2D eigenvalue weighted by Crippen LogP contribution is 2.40. The maximum Gasteiger partial charge on any atom is 0.314 e. The zero-order valence-corrected chi connectivity index (χ0v) is 21.1. The molecule has 6 heteroatoms. The van der Waals surface area contributed by atoms with E-state index in [1.807, 2.05) is 19.1 Å². The minimum absolute atomic E-state index is 0.0199. The molecule has 2 saturated carbocycles. The normalized spacial score (nSPS) is 24.6. The summed E-state index contributed by atoms with van der Waals surface area (Å²) in [5.41, 5.74) is 1.25. The molecule has 2 aliphatic rings. The average molecular weight is 501 g/mol. The maximum atomic E-state index is 14.9. The van der Waals surface area contributed by atoms with Crippen LogP contribution in [0.15, 0.2) is 42.5 Å². The fourth-order valence-corrected chi connectivity index (χ4v) is 5.73. The summed E-state index contributed by atoms with van der Waals surface area (Å²) in [6.07, 6.45) is 10.2. The maximum absolute atomic E-state index is 14.9. The van der Waals surface area contributed by atoms with Crippen LogP contribution >= 0.6 is 0 Å². The summed E-state index contributed by atoms with van der Waals surface area (Å²) in [6.45, 7) is 4.20. The summed E-state index contributed by atoms with van der Waals surface area (Å²) in [7, 11) is 0. The predicted molar refractivity (Wildman–Crippen MR) is 134 cm³/mol. The first-order valence-corrected chi connectivity index (χ1v) is 13.2. The van der Waals surface area contributed by atoms with Crippen LogP contribution in [-0.4, -0.2) is 12.6 Å². The summed E-state index contributed by atoms with van der Waals surface area (Å²) < 4.78 is 54.6. The smallest absolute Gasteiger partial charge is 0.314 e. The van der Waals surface area contributed by atoms with Gasteiger partial charge in [0.1, 0.15) is 0 Å². The molecule has 2 aliphatic carbocycles. The Balaban J connectivity index is 1.34. The van der Waals surface area contributed by atoms with E-state index in [1.54, 1.807) is 19.1 Å². The number of halogens is 3. The lowest BCUT2D eigenvalue weighted by molar-refractivity contribution is -0.140. The molecule has 2 aromatic carbocycles. The van der Waals surface area contributed by atoms with Crippen molar-refractivity contribution in [2.45, 2.75) is 77.0 Å². The first kappa shape index (κ1) is 26.3. The molecule has 4 rings (SSSR count). The Morgan fingerprint density at radius 1 is 0.889 bits per heavy atom. The molecule has 0 N–H and O–H groups in total. The Labute approximate surface area is 211 Å². The molecule has 2 aromatic rings. The molecule has 0 spiro atoms. The third-order valence-corrected chi connectivity index (χ3v) is 7.75. The zero-order chi connectivity index (χ0) is 25.7. The van der Waals surface area contributed by atoms with Crippen LogP contribution in [0.4, 0.5) is 13.2 Å². The summed E-state index contributed by atoms with van der Waals surface area (Å²) >= 11 is 0. The van der Waals surface area contributed by atoms with Crippen molar-refractivity contribution >= 4 is 5.97 Å². The minimum Gasteiger partial charge on any atom is -0.491 e. The number of benzene rings is 2. The van der Waals surface area contributed by atoms with Crippen molar-refractivity contribution in [2.75, 3.05) is 6.61 Å². The molecule has 0 aromatic heterocycles. The van der Waals surface area contributed by atoms with Gasteiger partial charge >= 0.3 is 5.97 Å². The van der Waals surface area contributed by atoms with E-state index in [9.17, 15) is 18.0 Å². The number of carbonyl (C=O) groups is 1. The summed E-state index contributed by atoms with van der Waals surface area (Å²) in [5, 5.41) is 0. The summed E-state index contributed by atoms with van der Waals surface area (Å²) in [5.74, 6) is -2.80. The van der Waals surface area contributed by atoms with Gasteiger partial charge in [-0.15, -0.1) is 0 Å². The second-order valence-corrected chi connectivity index (χ2v) is 10.0. The Morgan fingerprint density at radius 3 is 2.19 bits per heavy atom. The Hall–Kier alpha value is -2.76. The van der Waals surface area contributed by atoms with E-state index in [2.05, 4.69) is 6.08 Å². The molecule has 0 atom stereocenters. The third-order valence-electron chi connectivity index (χ3n) is 7.75. The first-order valence-electron chi connectivity index (χ1n) is 13.2. The number of esters is 1. The van der Waals surface area contributed by atoms with Crippen molar-refractivity contribution in [1.82, 2.24) is 0 Å². The van der Waals surface area contributed by atoms with Crippen LogP contribution in [0.25, 0.3) is 0 Å². The molecule has 0 saturated heterocycles. The Bertz CT molecular complexity index is 1080. The van der Waals surface area contributed by atoms with Gasteiger partial charge in [-0.1, -0.05) is 24.3 Å². The van der Waals surface area contributed by atoms with Crippen LogP contribution in [-0.2, 0) is 4.79 Å². The minimum atomic E-state index is -1.09. The van der Waals surface area contributed by atoms with Crippen LogP contribution in [0.5, 0.6) is 11.5 Å². The van der Waals surface area contributed by atoms with E-state index in [-0.39, 0.29) is 29.2 Å². The first-order chi connectivity index (χ1) is 17.4. The molecule has 0 bridgehead atoms. The largest absolute Gasteiger partial charge is 0.491 e. The number of ether oxygens (including phenoxy) is 2. The lowest BCUT2D eigenvalue weighted by atomic mass is 9.78. The van der Waals surface area contributed by atoms with Gasteiger partial charge in [-0.25, -0.2) is 8.78 Å². The van der Waals surface area contributed by atoms with Crippen molar-refractivity contribution in [2.24, 2.45) is 11.8 Å². The van der Waals surface area contributed by atoms with Crippen LogP contribution < -0.4 is 9.47 Å². The van der Waals surface area contributed by atoms with Gasteiger partial charge in [0.2, 0.25) is 5.82 Å². The Kier molecular flexibility index (Phi) is 8.76. The van der Waals surface area contributed by atoms with Gasteiger partial charge in [0, 0.05) is 0 Å². The van der Waals surface area contributed by atoms with E-state index in [4.69, 9.17) is 9.47 Å². The van der Waals surface area contributed by atoms with Crippen LogP contribution in [0.1, 0.15) is 88.2 Å². The van der Waals surface area contributed by atoms with Gasteiger partial charge < -0.3 is 9.47 Å². The fraction of sp³-hybridized carbons (Fsp3) is 0.500. The van der Waals surface area contributed by atoms with Crippen LogP contribution in [0.2, 0.25) is 0 Å². The standard InChI is InChI=1S/C30H35F3O3/c1-3-5-19-6-8-21(9-7-19)24-15-17-27(29(33)28(24)32)36-30(34)22-12-10-20(11-13-22)23-14-16-26(35-4-2)25(31)18-23/h3,5,14-22H,4,6-13H2,1-2H3/b5-3+. The van der Waals surface area contributed by atoms with E-state index in [0.717, 1.165) is 31.2 Å². The number of hydrogen-bond acceptors (Lipinski definition) is 3. The van der Waals surface area contributed by atoms with Gasteiger partial charge in [0.15, 0.2) is 23.1 Å². The lowest BCUT2D eigenvalue weighted by Crippen LogP contribution is -2.25. The van der Waals surface area contributed by atoms with Gasteiger partial charge in [0.25, 0.3) is 0 Å². The van der Waals surface area contributed by atoms with Crippen molar-refractivity contribution in [3.63, 3.8) is 0 Å². The van der Waals surface area contributed by atoms with Crippen molar-refractivity contribution in [3.8, 4) is 11.5 Å². The van der Waals surface area contributed by atoms with Crippen molar-refractivity contribution < 1.29 is 27.4 Å². The quantitative estimate of drug-likeness (QED) is 0.218. The van der Waals surface area contributed by atoms with E-state index in [0.29, 0.717) is 43.8 Å². The van der Waals surface area contributed by atoms with Crippen LogP contribution in [0.3, 0.4) is 0 Å². The highest BCUT2D eigenvalue weighted by Gasteiger charge is 2.31. The predicted octanol–water partition coefficient (Wildman–Crippen LogP) is 8.23. The third kappa shape index (κ3) is 5.96. The number of hydrogen-bond donors (Lipinski definition) is 0. The van der Waals surface area contributed by atoms with Crippen molar-refractivity contribution in [1.29, 1.82) is 0 Å². The second-order valence-electron chi connectivity index (χ2n) is 10.0. The van der Waals surface area contributed by atoms with Gasteiger partial charge in [-0.05, 0) is 112 Å². The molecule has 0 unspecified atom stereocenters. The monoisotopic (exact) mass is 500 g/mol. The van der Waals surface area contributed by atoms with E-state index >= 15 is 0 Å². The number of allylic oxidation sites excluding steroid dienone is 2. The molecule has 0 amide bonds. The number of rotatable bonds is 7. The highest BCUT2D eigenvalue weighted by atomic mass is 19.2. The molecular weight excluding hydrogens is 465 g/mol. The molecule has 0 radical (unpaired) electrons. The van der Waals surface area contributed by atoms with Crippen molar-refractivity contribution in [3.05, 3.63) is 71.1 Å². The summed E-state index contributed by atoms with van der Waals surface area (Å²) in [6, 6.07) is 7.96. The molecule has 0 heterocycles. The fourth-order valence-electron chi connectivity index (χ4n) is 5.73. The van der Waals surface area contributed by atoms with Gasteiger partial charge in [-0.3, -0.25) is 4.79 Å². The topological polar surface area (TPSA) is 35.5 Å².